The summed E-state index contributed by atoms with van der Waals surface area (Å²) in [4.78, 5) is 24.2. The average Bonchev–Trinajstić information content (AvgIpc) is 2.97. The molecule has 0 unspecified atom stereocenters. The molecule has 0 saturated carbocycles. The van der Waals surface area contributed by atoms with Crippen LogP contribution in [0.25, 0.3) is 11.0 Å². The number of hydrogen-bond donors (Lipinski definition) is 0. The second-order valence-corrected chi connectivity index (χ2v) is 6.98. The Morgan fingerprint density at radius 2 is 1.70 bits per heavy atom. The lowest BCUT2D eigenvalue weighted by Crippen LogP contribution is -2.36. The van der Waals surface area contributed by atoms with Gasteiger partial charge in [-0.1, -0.05) is 18.2 Å². The lowest BCUT2D eigenvalue weighted by atomic mass is 10.2. The second-order valence-electron chi connectivity index (χ2n) is 5.22. The molecule has 0 radical (unpaired) electrons. The van der Waals surface area contributed by atoms with Crippen LogP contribution in [0.15, 0.2) is 44.9 Å². The fourth-order valence-electron chi connectivity index (χ4n) is 2.40. The van der Waals surface area contributed by atoms with Crippen LogP contribution in [0.4, 0.5) is 0 Å². The number of nitrogens with zero attached hydrogens (tertiary/aromatic N) is 4. The quantitative estimate of drug-likeness (QED) is 0.656. The van der Waals surface area contributed by atoms with Crippen LogP contribution >= 0.6 is 0 Å². The first-order chi connectivity index (χ1) is 10.7. The van der Waals surface area contributed by atoms with Gasteiger partial charge in [-0.15, -0.1) is 5.10 Å². The summed E-state index contributed by atoms with van der Waals surface area (Å²) in [6.07, 6.45) is 1.14. The van der Waals surface area contributed by atoms with Crippen LogP contribution in [0.5, 0.6) is 0 Å². The first-order valence-corrected chi connectivity index (χ1v) is 8.16. The van der Waals surface area contributed by atoms with Gasteiger partial charge in [0.2, 0.25) is 0 Å². The Labute approximate surface area is 131 Å². The van der Waals surface area contributed by atoms with Gasteiger partial charge < -0.3 is 0 Å². The minimum atomic E-state index is -3.95. The summed E-state index contributed by atoms with van der Waals surface area (Å²) >= 11 is 0. The highest BCUT2D eigenvalue weighted by Gasteiger charge is 2.23. The molecule has 3 aromatic rings. The normalized spacial score (nSPS) is 12.0. The van der Waals surface area contributed by atoms with E-state index >= 15 is 0 Å². The molecule has 0 amide bonds. The molecule has 0 saturated heterocycles. The van der Waals surface area contributed by atoms with Gasteiger partial charge in [0.25, 0.3) is 15.6 Å². The Morgan fingerprint density at radius 1 is 1.04 bits per heavy atom. The molecule has 0 aliphatic rings. The van der Waals surface area contributed by atoms with Gasteiger partial charge in [-0.05, 0) is 18.6 Å². The smallest absolute Gasteiger partial charge is 0.279 e. The zero-order valence-electron chi connectivity index (χ0n) is 12.7. The van der Waals surface area contributed by atoms with Crippen molar-refractivity contribution in [3.05, 3.63) is 56.9 Å². The van der Waals surface area contributed by atoms with Crippen molar-refractivity contribution < 1.29 is 8.42 Å². The highest BCUT2D eigenvalue weighted by atomic mass is 32.2. The van der Waals surface area contributed by atoms with Crippen molar-refractivity contribution in [1.29, 1.82) is 0 Å². The van der Waals surface area contributed by atoms with Crippen molar-refractivity contribution in [3.63, 3.8) is 0 Å². The highest BCUT2D eigenvalue weighted by molar-refractivity contribution is 7.89. The second kappa shape index (κ2) is 4.92. The SMILES string of the molecule is Cc1ccccc1S(=O)(=O)n1cc2c(=O)n(C)c(=O)n(C)c2n1. The van der Waals surface area contributed by atoms with E-state index in [0.717, 1.165) is 19.4 Å². The van der Waals surface area contributed by atoms with Crippen LogP contribution in [0, 0.1) is 6.92 Å². The maximum Gasteiger partial charge on any atom is 0.332 e. The van der Waals surface area contributed by atoms with E-state index in [-0.39, 0.29) is 15.9 Å². The molecule has 0 aliphatic heterocycles. The first-order valence-electron chi connectivity index (χ1n) is 6.71. The Balaban J connectivity index is 2.37. The summed E-state index contributed by atoms with van der Waals surface area (Å²) < 4.78 is 28.2. The van der Waals surface area contributed by atoms with Crippen molar-refractivity contribution in [3.8, 4) is 0 Å². The molecule has 0 fully saturated rings. The van der Waals surface area contributed by atoms with Gasteiger partial charge >= 0.3 is 5.69 Å². The molecule has 9 heteroatoms. The van der Waals surface area contributed by atoms with E-state index in [1.165, 1.54) is 20.2 Å². The Kier molecular flexibility index (Phi) is 3.25. The van der Waals surface area contributed by atoms with E-state index in [1.807, 2.05) is 0 Å². The minimum Gasteiger partial charge on any atom is -0.279 e. The van der Waals surface area contributed by atoms with Crippen LogP contribution in [0.2, 0.25) is 0 Å². The lowest BCUT2D eigenvalue weighted by Gasteiger charge is -2.06. The van der Waals surface area contributed by atoms with Crippen LogP contribution in [-0.2, 0) is 24.1 Å². The van der Waals surface area contributed by atoms with Crippen molar-refractivity contribution >= 4 is 21.1 Å². The summed E-state index contributed by atoms with van der Waals surface area (Å²) in [7, 11) is -1.19. The largest absolute Gasteiger partial charge is 0.332 e. The molecule has 3 rings (SSSR count). The number of aromatic nitrogens is 4. The van der Waals surface area contributed by atoms with E-state index < -0.39 is 21.3 Å². The molecule has 0 N–H and O–H groups in total. The van der Waals surface area contributed by atoms with E-state index in [2.05, 4.69) is 5.10 Å². The minimum absolute atomic E-state index is 0.0234. The van der Waals surface area contributed by atoms with Gasteiger partial charge in [0, 0.05) is 14.1 Å². The Bertz CT molecular complexity index is 1150. The van der Waals surface area contributed by atoms with Crippen LogP contribution in [-0.4, -0.2) is 26.7 Å². The average molecular weight is 334 g/mol. The predicted octanol–water partition coefficient (Wildman–Crippen LogP) is -0.0209. The summed E-state index contributed by atoms with van der Waals surface area (Å²) in [5, 5.41) is 4.00. The summed E-state index contributed by atoms with van der Waals surface area (Å²) in [5.41, 5.74) is -0.570. The molecule has 2 heterocycles. The Hall–Kier alpha value is -2.68. The van der Waals surface area contributed by atoms with Gasteiger partial charge in [-0.25, -0.2) is 4.79 Å². The summed E-state index contributed by atoms with van der Waals surface area (Å²) in [6.45, 7) is 1.67. The maximum atomic E-state index is 12.7. The van der Waals surface area contributed by atoms with Gasteiger partial charge in [-0.2, -0.15) is 12.5 Å². The third kappa shape index (κ3) is 2.12. The molecule has 23 heavy (non-hydrogen) atoms. The fourth-order valence-corrected chi connectivity index (χ4v) is 3.75. The zero-order valence-corrected chi connectivity index (χ0v) is 13.5. The maximum absolute atomic E-state index is 12.7. The van der Waals surface area contributed by atoms with Crippen molar-refractivity contribution in [2.75, 3.05) is 0 Å². The first kappa shape index (κ1) is 15.2. The van der Waals surface area contributed by atoms with E-state index in [9.17, 15) is 18.0 Å². The number of aryl methyl sites for hydroxylation is 2. The Morgan fingerprint density at radius 3 is 2.35 bits per heavy atom. The van der Waals surface area contributed by atoms with Gasteiger partial charge in [0.15, 0.2) is 5.65 Å². The third-order valence-electron chi connectivity index (χ3n) is 3.72. The van der Waals surface area contributed by atoms with Gasteiger partial charge in [-0.3, -0.25) is 13.9 Å². The van der Waals surface area contributed by atoms with E-state index in [4.69, 9.17) is 0 Å². The molecule has 120 valence electrons. The number of hydrogen-bond acceptors (Lipinski definition) is 5. The lowest BCUT2D eigenvalue weighted by molar-refractivity contribution is 0.579. The number of benzene rings is 1. The monoisotopic (exact) mass is 334 g/mol. The molecule has 0 aliphatic carbocycles. The molecule has 8 nitrogen and oxygen atoms in total. The molecule has 0 bridgehead atoms. The standard InChI is InChI=1S/C14H14N4O4S/c1-9-6-4-5-7-11(9)23(21,22)18-8-10-12(15-18)16(2)14(20)17(3)13(10)19/h4-8H,1-3H3. The third-order valence-corrected chi connectivity index (χ3v) is 5.41. The van der Waals surface area contributed by atoms with Crippen LogP contribution < -0.4 is 11.2 Å². The molecule has 0 atom stereocenters. The van der Waals surface area contributed by atoms with Crippen LogP contribution in [0.3, 0.4) is 0 Å². The molecule has 0 spiro atoms. The number of rotatable bonds is 2. The van der Waals surface area contributed by atoms with Crippen molar-refractivity contribution in [2.24, 2.45) is 14.1 Å². The predicted molar refractivity (Wildman–Crippen MR) is 84.0 cm³/mol. The highest BCUT2D eigenvalue weighted by Crippen LogP contribution is 2.18. The van der Waals surface area contributed by atoms with E-state index in [0.29, 0.717) is 5.56 Å². The zero-order chi connectivity index (χ0) is 16.9. The molecule has 2 aromatic heterocycles. The van der Waals surface area contributed by atoms with Gasteiger partial charge in [0.05, 0.1) is 11.1 Å². The number of fused-ring (bicyclic) bond motifs is 1. The van der Waals surface area contributed by atoms with Gasteiger partial charge in [0.1, 0.15) is 5.39 Å². The molecular weight excluding hydrogens is 320 g/mol. The topological polar surface area (TPSA) is 96.0 Å². The fraction of sp³-hybridized carbons (Fsp3) is 0.214. The molecular formula is C14H14N4O4S. The summed E-state index contributed by atoms with van der Waals surface area (Å²) in [5.74, 6) is 0. The van der Waals surface area contributed by atoms with Crippen molar-refractivity contribution in [1.82, 2.24) is 18.3 Å². The summed E-state index contributed by atoms with van der Waals surface area (Å²) in [6, 6.07) is 6.48. The molecule has 1 aromatic carbocycles. The van der Waals surface area contributed by atoms with Crippen molar-refractivity contribution in [2.45, 2.75) is 11.8 Å². The van der Waals surface area contributed by atoms with Crippen LogP contribution in [0.1, 0.15) is 5.56 Å². The van der Waals surface area contributed by atoms with E-state index in [1.54, 1.807) is 25.1 Å².